The molecule has 7 heteroatoms. The zero-order valence-corrected chi connectivity index (χ0v) is 7.62. The minimum atomic E-state index is -0.509. The highest BCUT2D eigenvalue weighted by atomic mass is 16.8. The van der Waals surface area contributed by atoms with Crippen LogP contribution in [0.5, 0.6) is 0 Å². The molecule has 0 aliphatic carbocycles. The first-order chi connectivity index (χ1) is 5.71. The van der Waals surface area contributed by atoms with Crippen molar-refractivity contribution in [3.05, 3.63) is 0 Å². The number of hydroxylamine groups is 2. The van der Waals surface area contributed by atoms with Crippen LogP contribution in [0.3, 0.4) is 0 Å². The van der Waals surface area contributed by atoms with E-state index in [4.69, 9.17) is 0 Å². The minimum Gasteiger partial charge on any atom is -0.257 e. The van der Waals surface area contributed by atoms with Gasteiger partial charge in [0.2, 0.25) is 0 Å². The van der Waals surface area contributed by atoms with E-state index >= 15 is 0 Å². The Morgan fingerprint density at radius 1 is 1.08 bits per heavy atom. The molecule has 7 nitrogen and oxygen atoms in total. The van der Waals surface area contributed by atoms with Crippen molar-refractivity contribution in [1.82, 2.24) is 21.2 Å². The monoisotopic (exact) mass is 178 g/mol. The van der Waals surface area contributed by atoms with Gasteiger partial charge in [-0.2, -0.15) is 0 Å². The van der Waals surface area contributed by atoms with Crippen molar-refractivity contribution in [2.24, 2.45) is 0 Å². The third-order valence-electron chi connectivity index (χ3n) is 1.12. The number of hydrogen-bond acceptors (Lipinski definition) is 5. The van der Waals surface area contributed by atoms with Gasteiger partial charge in [0.1, 0.15) is 0 Å². The van der Waals surface area contributed by atoms with Crippen molar-refractivity contribution in [2.45, 2.75) is 0 Å². The fraction of sp³-hybridized carbons (Fsp3) is 0.800. The van der Waals surface area contributed by atoms with E-state index < -0.39 is 6.03 Å². The first-order valence-corrected chi connectivity index (χ1v) is 3.28. The van der Waals surface area contributed by atoms with Crippen molar-refractivity contribution in [3.8, 4) is 0 Å². The van der Waals surface area contributed by atoms with Crippen molar-refractivity contribution >= 4 is 6.03 Å². The number of urea groups is 1. The zero-order valence-electron chi connectivity index (χ0n) is 7.62. The highest BCUT2D eigenvalue weighted by Crippen LogP contribution is 1.91. The van der Waals surface area contributed by atoms with Gasteiger partial charge in [-0.1, -0.05) is 0 Å². The van der Waals surface area contributed by atoms with Crippen LogP contribution in [0.1, 0.15) is 0 Å². The lowest BCUT2D eigenvalue weighted by Gasteiger charge is -2.24. The number of nitrogens with one attached hydrogen (secondary N) is 2. The summed E-state index contributed by atoms with van der Waals surface area (Å²) in [5.41, 5.74) is 5.00. The summed E-state index contributed by atoms with van der Waals surface area (Å²) in [4.78, 5) is 20.6. The fourth-order valence-electron chi connectivity index (χ4n) is 0.613. The third-order valence-corrected chi connectivity index (χ3v) is 1.12. The Kier molecular flexibility index (Phi) is 5.30. The number of hydrogen-bond donors (Lipinski definition) is 2. The zero-order chi connectivity index (χ0) is 9.56. The van der Waals surface area contributed by atoms with Gasteiger partial charge in [0, 0.05) is 14.1 Å². The van der Waals surface area contributed by atoms with E-state index in [0.717, 1.165) is 10.3 Å². The average Bonchev–Trinajstić information content (AvgIpc) is 2.09. The average molecular weight is 178 g/mol. The number of rotatable bonds is 4. The second kappa shape index (κ2) is 5.72. The Bertz CT molecular complexity index is 121. The fourth-order valence-corrected chi connectivity index (χ4v) is 0.613. The molecule has 0 saturated heterocycles. The summed E-state index contributed by atoms with van der Waals surface area (Å²) in [6.45, 7) is 0. The van der Waals surface area contributed by atoms with Crippen molar-refractivity contribution in [3.63, 3.8) is 0 Å². The van der Waals surface area contributed by atoms with Crippen molar-refractivity contribution < 1.29 is 14.5 Å². The van der Waals surface area contributed by atoms with Crippen LogP contribution in [-0.4, -0.2) is 44.7 Å². The summed E-state index contributed by atoms with van der Waals surface area (Å²) in [6, 6.07) is -0.509. The molecule has 0 aliphatic rings. The molecule has 72 valence electrons. The second-order valence-corrected chi connectivity index (χ2v) is 1.68. The molecule has 12 heavy (non-hydrogen) atoms. The molecule has 2 amide bonds. The van der Waals surface area contributed by atoms with E-state index in [2.05, 4.69) is 20.5 Å². The second-order valence-electron chi connectivity index (χ2n) is 1.68. The molecule has 0 aromatic rings. The van der Waals surface area contributed by atoms with Gasteiger partial charge in [0.15, 0.2) is 0 Å². The van der Waals surface area contributed by atoms with E-state index in [1.165, 1.54) is 14.2 Å². The summed E-state index contributed by atoms with van der Waals surface area (Å²) in [5, 5.41) is 1.81. The number of carbonyl (C=O) groups excluding carboxylic acids is 1. The molecule has 0 unspecified atom stereocenters. The molecule has 2 N–H and O–H groups in total. The Labute approximate surface area is 71.1 Å². The molecule has 0 aromatic heterocycles. The van der Waals surface area contributed by atoms with Gasteiger partial charge < -0.3 is 0 Å². The Morgan fingerprint density at radius 3 is 1.58 bits per heavy atom. The van der Waals surface area contributed by atoms with Gasteiger partial charge in [-0.3, -0.25) is 9.68 Å². The Morgan fingerprint density at radius 2 is 1.42 bits per heavy atom. The lowest BCUT2D eigenvalue weighted by Crippen LogP contribution is -2.51. The van der Waals surface area contributed by atoms with Crippen LogP contribution in [0, 0.1) is 0 Å². The molecule has 0 heterocycles. The summed E-state index contributed by atoms with van der Waals surface area (Å²) >= 11 is 0. The standard InChI is InChI=1S/C5H14N4O3/c1-6-8(11-3)5(10)9(7-2)12-4/h6-7H,1-4H3. The van der Waals surface area contributed by atoms with E-state index in [-0.39, 0.29) is 0 Å². The van der Waals surface area contributed by atoms with E-state index in [1.54, 1.807) is 14.1 Å². The number of nitrogens with zero attached hydrogens (tertiary/aromatic N) is 2. The molecule has 0 aliphatic heterocycles. The minimum absolute atomic E-state index is 0.509. The maximum atomic E-state index is 11.2. The molecule has 0 saturated carbocycles. The quantitative estimate of drug-likeness (QED) is 0.546. The predicted molar refractivity (Wildman–Crippen MR) is 41.2 cm³/mol. The predicted octanol–water partition coefficient (Wildman–Crippen LogP) is -0.898. The molecule has 0 fully saturated rings. The molecular weight excluding hydrogens is 164 g/mol. The molecule has 0 bridgehead atoms. The first-order valence-electron chi connectivity index (χ1n) is 3.28. The van der Waals surface area contributed by atoms with Gasteiger partial charge in [-0.15, -0.1) is 10.3 Å². The van der Waals surface area contributed by atoms with Crippen LogP contribution in [0.25, 0.3) is 0 Å². The van der Waals surface area contributed by atoms with Crippen LogP contribution in [0.2, 0.25) is 0 Å². The summed E-state index contributed by atoms with van der Waals surface area (Å²) in [6.07, 6.45) is 0. The smallest absolute Gasteiger partial charge is 0.257 e. The van der Waals surface area contributed by atoms with Gasteiger partial charge in [0.25, 0.3) is 0 Å². The molecular formula is C5H14N4O3. The number of carbonyl (C=O) groups is 1. The van der Waals surface area contributed by atoms with Gasteiger partial charge in [-0.05, 0) is 0 Å². The Balaban J connectivity index is 4.12. The highest BCUT2D eigenvalue weighted by Gasteiger charge is 2.18. The van der Waals surface area contributed by atoms with Crippen LogP contribution in [-0.2, 0) is 9.68 Å². The normalized spacial score (nSPS) is 9.67. The maximum absolute atomic E-state index is 11.2. The SMILES string of the molecule is CNN(OC)C(=O)N(NC)OC. The van der Waals surface area contributed by atoms with Gasteiger partial charge >= 0.3 is 6.03 Å². The maximum Gasteiger partial charge on any atom is 0.398 e. The number of hydrazine groups is 2. The topological polar surface area (TPSA) is 66.1 Å². The summed E-state index contributed by atoms with van der Waals surface area (Å²) < 4.78 is 0. The van der Waals surface area contributed by atoms with E-state index in [1.807, 2.05) is 0 Å². The summed E-state index contributed by atoms with van der Waals surface area (Å²) in [7, 11) is 5.81. The number of amides is 2. The highest BCUT2D eigenvalue weighted by molar-refractivity contribution is 5.71. The van der Waals surface area contributed by atoms with Crippen LogP contribution in [0.15, 0.2) is 0 Å². The van der Waals surface area contributed by atoms with Crippen molar-refractivity contribution in [1.29, 1.82) is 0 Å². The molecule has 0 rings (SSSR count). The summed E-state index contributed by atoms with van der Waals surface area (Å²) in [5.74, 6) is 0. The molecule has 0 radical (unpaired) electrons. The lowest BCUT2D eigenvalue weighted by atomic mass is 11.0. The lowest BCUT2D eigenvalue weighted by molar-refractivity contribution is -0.188. The van der Waals surface area contributed by atoms with Gasteiger partial charge in [-0.25, -0.2) is 15.6 Å². The van der Waals surface area contributed by atoms with Gasteiger partial charge in [0.05, 0.1) is 14.2 Å². The van der Waals surface area contributed by atoms with Crippen LogP contribution < -0.4 is 10.9 Å². The first kappa shape index (κ1) is 11.1. The Hall–Kier alpha value is -0.890. The van der Waals surface area contributed by atoms with Crippen LogP contribution in [0.4, 0.5) is 4.79 Å². The van der Waals surface area contributed by atoms with E-state index in [9.17, 15) is 4.79 Å². The third kappa shape index (κ3) is 2.62. The molecule has 0 atom stereocenters. The largest absolute Gasteiger partial charge is 0.398 e. The molecule has 0 spiro atoms. The van der Waals surface area contributed by atoms with Crippen molar-refractivity contribution in [2.75, 3.05) is 28.3 Å². The van der Waals surface area contributed by atoms with E-state index in [0.29, 0.717) is 0 Å². The molecule has 0 aromatic carbocycles. The van der Waals surface area contributed by atoms with Crippen LogP contribution >= 0.6 is 0 Å².